The molecule has 0 spiro atoms. The van der Waals surface area contributed by atoms with Crippen molar-refractivity contribution in [1.29, 1.82) is 0 Å². The molecule has 0 bridgehead atoms. The summed E-state index contributed by atoms with van der Waals surface area (Å²) in [6.07, 6.45) is 3.41. The van der Waals surface area contributed by atoms with E-state index in [4.69, 9.17) is 9.47 Å². The smallest absolute Gasteiger partial charge is 0.246 e. The number of nitrogens with zero attached hydrogens (tertiary/aromatic N) is 4. The average Bonchev–Trinajstić information content (AvgIpc) is 2.88. The van der Waals surface area contributed by atoms with Crippen molar-refractivity contribution in [2.24, 2.45) is 0 Å². The van der Waals surface area contributed by atoms with Crippen molar-refractivity contribution >= 4 is 29.3 Å². The molecule has 0 atom stereocenters. The molecule has 1 amide bonds. The number of aryl methyl sites for hydroxylation is 2. The van der Waals surface area contributed by atoms with Crippen LogP contribution in [0.15, 0.2) is 54.6 Å². The zero-order valence-corrected chi connectivity index (χ0v) is 20.6. The zero-order valence-electron chi connectivity index (χ0n) is 20.6. The van der Waals surface area contributed by atoms with Crippen molar-refractivity contribution in [3.8, 4) is 11.5 Å². The number of amides is 1. The van der Waals surface area contributed by atoms with Crippen molar-refractivity contribution < 1.29 is 14.3 Å². The number of benzene rings is 2. The molecule has 1 N–H and O–H groups in total. The van der Waals surface area contributed by atoms with Crippen LogP contribution in [0.25, 0.3) is 6.08 Å². The maximum Gasteiger partial charge on any atom is 0.246 e. The van der Waals surface area contributed by atoms with Gasteiger partial charge in [0.1, 0.15) is 17.5 Å². The highest BCUT2D eigenvalue weighted by molar-refractivity contribution is 5.92. The van der Waals surface area contributed by atoms with E-state index in [0.29, 0.717) is 43.5 Å². The molecule has 1 fully saturated rings. The lowest BCUT2D eigenvalue weighted by Crippen LogP contribution is -2.48. The van der Waals surface area contributed by atoms with E-state index >= 15 is 0 Å². The first-order valence-electron chi connectivity index (χ1n) is 11.6. The standard InChI is InChI=1S/C27H31N5O3/c1-19-5-9-22(10-6-19)30-25-18-26(29-20(2)28-25)31-13-15-32(16-14-31)27(33)12-8-21-7-11-23(34-3)24(17-21)35-4/h5-12,17-18H,13-16H2,1-4H3,(H,28,29,30)/b12-8+. The van der Waals surface area contributed by atoms with Gasteiger partial charge in [-0.25, -0.2) is 9.97 Å². The second kappa shape index (κ2) is 10.9. The van der Waals surface area contributed by atoms with Crippen LogP contribution in [0.3, 0.4) is 0 Å². The summed E-state index contributed by atoms with van der Waals surface area (Å²) < 4.78 is 10.6. The Bertz CT molecular complexity index is 1200. The van der Waals surface area contributed by atoms with E-state index in [0.717, 1.165) is 22.9 Å². The van der Waals surface area contributed by atoms with Crippen LogP contribution in [0.4, 0.5) is 17.3 Å². The minimum atomic E-state index is -0.0139. The predicted molar refractivity (Wildman–Crippen MR) is 139 cm³/mol. The van der Waals surface area contributed by atoms with Gasteiger partial charge in [-0.3, -0.25) is 4.79 Å². The average molecular weight is 474 g/mol. The van der Waals surface area contributed by atoms with Gasteiger partial charge < -0.3 is 24.6 Å². The van der Waals surface area contributed by atoms with Crippen LogP contribution in [0.5, 0.6) is 11.5 Å². The quantitative estimate of drug-likeness (QED) is 0.515. The van der Waals surface area contributed by atoms with Gasteiger partial charge in [0.05, 0.1) is 14.2 Å². The van der Waals surface area contributed by atoms with Crippen LogP contribution >= 0.6 is 0 Å². The van der Waals surface area contributed by atoms with Gasteiger partial charge in [-0.15, -0.1) is 0 Å². The number of aromatic nitrogens is 2. The van der Waals surface area contributed by atoms with Crippen LogP contribution in [0, 0.1) is 13.8 Å². The summed E-state index contributed by atoms with van der Waals surface area (Å²) in [5.74, 6) is 3.60. The van der Waals surface area contributed by atoms with Gasteiger partial charge in [-0.2, -0.15) is 0 Å². The molecule has 1 aliphatic heterocycles. The SMILES string of the molecule is COc1ccc(/C=C/C(=O)N2CCN(c3cc(Nc4ccc(C)cc4)nc(C)n3)CC2)cc1OC. The van der Waals surface area contributed by atoms with Gasteiger partial charge in [0, 0.05) is 44.0 Å². The molecule has 2 aromatic carbocycles. The Kier molecular flexibility index (Phi) is 7.50. The molecule has 8 nitrogen and oxygen atoms in total. The molecule has 0 saturated carbocycles. The fourth-order valence-electron chi connectivity index (χ4n) is 3.95. The van der Waals surface area contributed by atoms with Crippen LogP contribution < -0.4 is 19.7 Å². The molecular weight excluding hydrogens is 442 g/mol. The van der Waals surface area contributed by atoms with E-state index in [1.165, 1.54) is 5.56 Å². The summed E-state index contributed by atoms with van der Waals surface area (Å²) >= 11 is 0. The molecule has 3 aromatic rings. The summed E-state index contributed by atoms with van der Waals surface area (Å²) in [4.78, 5) is 26.0. The van der Waals surface area contributed by atoms with Crippen molar-refractivity contribution in [3.63, 3.8) is 0 Å². The number of nitrogens with one attached hydrogen (secondary N) is 1. The monoisotopic (exact) mass is 473 g/mol. The largest absolute Gasteiger partial charge is 0.493 e. The lowest BCUT2D eigenvalue weighted by molar-refractivity contribution is -0.126. The van der Waals surface area contributed by atoms with Gasteiger partial charge in [-0.05, 0) is 49.8 Å². The first-order chi connectivity index (χ1) is 16.9. The molecule has 4 rings (SSSR count). The Morgan fingerprint density at radius 3 is 2.31 bits per heavy atom. The van der Waals surface area contributed by atoms with Crippen molar-refractivity contribution in [2.75, 3.05) is 50.6 Å². The molecule has 1 aliphatic rings. The topological polar surface area (TPSA) is 79.8 Å². The highest BCUT2D eigenvalue weighted by Gasteiger charge is 2.21. The third-order valence-corrected chi connectivity index (χ3v) is 5.89. The highest BCUT2D eigenvalue weighted by atomic mass is 16.5. The van der Waals surface area contributed by atoms with Crippen molar-refractivity contribution in [2.45, 2.75) is 13.8 Å². The Hall–Kier alpha value is -4.07. The molecule has 35 heavy (non-hydrogen) atoms. The summed E-state index contributed by atoms with van der Waals surface area (Å²) in [7, 11) is 3.19. The molecular formula is C27H31N5O3. The van der Waals surface area contributed by atoms with Crippen LogP contribution in [0.2, 0.25) is 0 Å². The second-order valence-corrected chi connectivity index (χ2v) is 8.41. The van der Waals surface area contributed by atoms with E-state index in [9.17, 15) is 4.79 Å². The molecule has 0 radical (unpaired) electrons. The number of hydrogen-bond donors (Lipinski definition) is 1. The number of hydrogen-bond acceptors (Lipinski definition) is 7. The normalized spacial score (nSPS) is 13.7. The zero-order chi connectivity index (χ0) is 24.8. The van der Waals surface area contributed by atoms with Gasteiger partial charge in [0.15, 0.2) is 11.5 Å². The lowest BCUT2D eigenvalue weighted by Gasteiger charge is -2.35. The first kappa shape index (κ1) is 24.1. The summed E-state index contributed by atoms with van der Waals surface area (Å²) in [6, 6.07) is 15.7. The Morgan fingerprint density at radius 1 is 0.914 bits per heavy atom. The summed E-state index contributed by atoms with van der Waals surface area (Å²) in [5.41, 5.74) is 3.07. The Labute approximate surface area is 206 Å². The Balaban J connectivity index is 1.37. The van der Waals surface area contributed by atoms with Crippen LogP contribution in [-0.2, 0) is 4.79 Å². The second-order valence-electron chi connectivity index (χ2n) is 8.41. The number of ether oxygens (including phenoxy) is 2. The minimum Gasteiger partial charge on any atom is -0.493 e. The van der Waals surface area contributed by atoms with Gasteiger partial charge >= 0.3 is 0 Å². The first-order valence-corrected chi connectivity index (χ1v) is 11.6. The third kappa shape index (κ3) is 6.09. The third-order valence-electron chi connectivity index (χ3n) is 5.89. The van der Waals surface area contributed by atoms with E-state index in [-0.39, 0.29) is 5.91 Å². The van der Waals surface area contributed by atoms with Gasteiger partial charge in [-0.1, -0.05) is 23.8 Å². The van der Waals surface area contributed by atoms with Gasteiger partial charge in [0.25, 0.3) is 0 Å². The summed E-state index contributed by atoms with van der Waals surface area (Å²) in [6.45, 7) is 6.61. The van der Waals surface area contributed by atoms with E-state index < -0.39 is 0 Å². The molecule has 182 valence electrons. The number of rotatable bonds is 7. The van der Waals surface area contributed by atoms with Gasteiger partial charge in [0.2, 0.25) is 5.91 Å². The molecule has 1 saturated heterocycles. The van der Waals surface area contributed by atoms with Crippen LogP contribution in [0.1, 0.15) is 17.0 Å². The number of piperazine rings is 1. The fraction of sp³-hybridized carbons (Fsp3) is 0.296. The van der Waals surface area contributed by atoms with E-state index in [1.807, 2.05) is 48.2 Å². The highest BCUT2D eigenvalue weighted by Crippen LogP contribution is 2.28. The number of methoxy groups -OCH3 is 2. The van der Waals surface area contributed by atoms with Crippen LogP contribution in [-0.4, -0.2) is 61.2 Å². The fourth-order valence-corrected chi connectivity index (χ4v) is 3.95. The molecule has 0 aliphatic carbocycles. The summed E-state index contributed by atoms with van der Waals surface area (Å²) in [5, 5.41) is 3.36. The predicted octanol–water partition coefficient (Wildman–Crippen LogP) is 4.22. The number of anilines is 3. The minimum absolute atomic E-state index is 0.0139. The maximum atomic E-state index is 12.8. The number of carbonyl (C=O) groups is 1. The van der Waals surface area contributed by atoms with Crippen molar-refractivity contribution in [3.05, 3.63) is 71.6 Å². The molecule has 8 heteroatoms. The van der Waals surface area contributed by atoms with Crippen molar-refractivity contribution in [1.82, 2.24) is 14.9 Å². The number of carbonyl (C=O) groups excluding carboxylic acids is 1. The molecule has 0 unspecified atom stereocenters. The lowest BCUT2D eigenvalue weighted by atomic mass is 10.2. The Morgan fingerprint density at radius 2 is 1.63 bits per heavy atom. The van der Waals surface area contributed by atoms with E-state index in [2.05, 4.69) is 39.2 Å². The maximum absolute atomic E-state index is 12.8. The molecule has 2 heterocycles. The van der Waals surface area contributed by atoms with E-state index in [1.54, 1.807) is 26.4 Å². The molecule has 1 aromatic heterocycles.